The number of carbonyl (C=O) groups excluding carboxylic acids is 1. The summed E-state index contributed by atoms with van der Waals surface area (Å²) in [6, 6.07) is 17.7. The van der Waals surface area contributed by atoms with Crippen LogP contribution < -0.4 is 40.1 Å². The Hall–Kier alpha value is -2.47. The molecule has 0 aliphatic carbocycles. The molecule has 0 saturated carbocycles. The molecule has 6 heteroatoms. The molecule has 0 N–H and O–H groups in total. The number of rotatable bonds is 3. The molecule has 3 aromatic carbocycles. The number of carbonyl (C=O) groups is 1. The summed E-state index contributed by atoms with van der Waals surface area (Å²) in [4.78, 5) is 23.6. The van der Waals surface area contributed by atoms with Gasteiger partial charge in [0.2, 0.25) is 0 Å². The van der Waals surface area contributed by atoms with Crippen molar-refractivity contribution in [2.45, 2.75) is 6.54 Å². The first-order valence-corrected chi connectivity index (χ1v) is 8.06. The van der Waals surface area contributed by atoms with E-state index >= 15 is 0 Å². The Morgan fingerprint density at radius 1 is 0.926 bits per heavy atom. The smallest absolute Gasteiger partial charge is 0.545 e. The maximum Gasteiger partial charge on any atom is 1.00 e. The Kier molecular flexibility index (Phi) is 5.46. The van der Waals surface area contributed by atoms with Crippen LogP contribution in [0.15, 0.2) is 71.5 Å². The summed E-state index contributed by atoms with van der Waals surface area (Å²) >= 11 is 0. The Balaban J connectivity index is 0.00000210. The molecule has 0 bridgehead atoms. The van der Waals surface area contributed by atoms with Crippen molar-refractivity contribution in [2.24, 2.45) is 0 Å². The normalized spacial score (nSPS) is 10.7. The number of benzene rings is 3. The zero-order valence-electron chi connectivity index (χ0n) is 14.6. The molecule has 128 valence electrons. The van der Waals surface area contributed by atoms with Gasteiger partial charge in [0.25, 0.3) is 0 Å². The monoisotopic (exact) mass is 369 g/mol. The number of aromatic carboxylic acids is 1. The minimum Gasteiger partial charge on any atom is -0.545 e. The van der Waals surface area contributed by atoms with Crippen LogP contribution in [0.25, 0.3) is 21.8 Å². The van der Waals surface area contributed by atoms with E-state index in [1.165, 1.54) is 24.3 Å². The Morgan fingerprint density at radius 3 is 2.30 bits per heavy atom. The zero-order valence-corrected chi connectivity index (χ0v) is 16.6. The van der Waals surface area contributed by atoms with Crippen molar-refractivity contribution in [2.75, 3.05) is 0 Å². The Bertz CT molecular complexity index is 1220. The van der Waals surface area contributed by atoms with E-state index < -0.39 is 11.8 Å². The predicted octanol–water partition coefficient (Wildman–Crippen LogP) is -0.290. The molecule has 4 nitrogen and oxygen atoms in total. The molecule has 0 atom stereocenters. The second-order valence-electron chi connectivity index (χ2n) is 6.08. The zero-order chi connectivity index (χ0) is 18.3. The third kappa shape index (κ3) is 3.54. The minimum absolute atomic E-state index is 0. The summed E-state index contributed by atoms with van der Waals surface area (Å²) in [5.74, 6) is -1.69. The number of aromatic nitrogens is 1. The van der Waals surface area contributed by atoms with Gasteiger partial charge in [0, 0.05) is 17.3 Å². The van der Waals surface area contributed by atoms with Crippen molar-refractivity contribution in [3.63, 3.8) is 0 Å². The topological polar surface area (TPSA) is 62.1 Å². The number of carboxylic acid groups (broad SMARTS) is 1. The van der Waals surface area contributed by atoms with E-state index in [0.29, 0.717) is 22.8 Å². The van der Waals surface area contributed by atoms with Gasteiger partial charge < -0.3 is 14.5 Å². The minimum atomic E-state index is -1.23. The van der Waals surface area contributed by atoms with Gasteiger partial charge in [0.1, 0.15) is 5.82 Å². The van der Waals surface area contributed by atoms with Crippen molar-refractivity contribution >= 4 is 27.8 Å². The number of fused-ring (bicyclic) bond motifs is 2. The molecule has 27 heavy (non-hydrogen) atoms. The van der Waals surface area contributed by atoms with Gasteiger partial charge in [-0.3, -0.25) is 4.79 Å². The van der Waals surface area contributed by atoms with Crippen LogP contribution in [0.4, 0.5) is 4.39 Å². The van der Waals surface area contributed by atoms with Crippen LogP contribution >= 0.6 is 0 Å². The van der Waals surface area contributed by atoms with Gasteiger partial charge in [-0.2, -0.15) is 0 Å². The van der Waals surface area contributed by atoms with Gasteiger partial charge in [-0.1, -0.05) is 36.4 Å². The van der Waals surface area contributed by atoms with Crippen LogP contribution in [0, 0.1) is 5.82 Å². The van der Waals surface area contributed by atoms with Crippen LogP contribution in [0.3, 0.4) is 0 Å². The van der Waals surface area contributed by atoms with Gasteiger partial charge in [-0.05, 0) is 41.5 Å². The first-order valence-electron chi connectivity index (χ1n) is 8.06. The number of nitrogens with zero attached hydrogens (tertiary/aromatic N) is 1. The third-order valence-electron chi connectivity index (χ3n) is 4.46. The van der Waals surface area contributed by atoms with E-state index in [1.807, 2.05) is 16.7 Å². The van der Waals surface area contributed by atoms with E-state index in [2.05, 4.69) is 0 Å². The summed E-state index contributed by atoms with van der Waals surface area (Å²) in [6.45, 7) is 0.413. The largest absolute Gasteiger partial charge is 1.00 e. The maximum absolute atomic E-state index is 13.7. The van der Waals surface area contributed by atoms with Gasteiger partial charge >= 0.3 is 29.6 Å². The molecule has 0 radical (unpaired) electrons. The van der Waals surface area contributed by atoms with Crippen molar-refractivity contribution in [3.05, 3.63) is 93.9 Å². The van der Waals surface area contributed by atoms with E-state index in [-0.39, 0.29) is 40.5 Å². The molecule has 0 spiro atoms. The fourth-order valence-electron chi connectivity index (χ4n) is 3.20. The molecule has 1 heterocycles. The molecule has 4 rings (SSSR count). The van der Waals surface area contributed by atoms with Crippen LogP contribution in [-0.2, 0) is 6.54 Å². The molecule has 1 aromatic heterocycles. The second-order valence-corrected chi connectivity index (χ2v) is 6.08. The number of halogens is 1. The average molecular weight is 369 g/mol. The van der Waals surface area contributed by atoms with Crippen LogP contribution in [-0.4, -0.2) is 10.5 Å². The number of hydrogen-bond acceptors (Lipinski definition) is 3. The second kappa shape index (κ2) is 7.64. The SMILES string of the molecule is O=C([O-])c1ccc(Cn2c3ccccc3c(=O)c3cc(F)ccc32)cc1.[Na+]. The Morgan fingerprint density at radius 2 is 1.59 bits per heavy atom. The standard InChI is InChI=1S/C21H14FNO3.Na/c22-15-9-10-19-17(11-15)20(24)16-3-1-2-4-18(16)23(19)12-13-5-7-14(8-6-13)21(25)26;/h1-11H,12H2,(H,25,26);/q;+1/p-1. The predicted molar refractivity (Wildman–Crippen MR) is 95.5 cm³/mol. The molecular weight excluding hydrogens is 356 g/mol. The van der Waals surface area contributed by atoms with Gasteiger partial charge in [0.15, 0.2) is 5.43 Å². The van der Waals surface area contributed by atoms with Crippen LogP contribution in [0.5, 0.6) is 0 Å². The fraction of sp³-hybridized carbons (Fsp3) is 0.0476. The molecule has 0 fully saturated rings. The quantitative estimate of drug-likeness (QED) is 0.368. The fourth-order valence-corrected chi connectivity index (χ4v) is 3.20. The summed E-state index contributed by atoms with van der Waals surface area (Å²) in [7, 11) is 0. The summed E-state index contributed by atoms with van der Waals surface area (Å²) in [6.07, 6.45) is 0. The van der Waals surface area contributed by atoms with Crippen molar-refractivity contribution in [1.82, 2.24) is 4.57 Å². The van der Waals surface area contributed by atoms with Crippen LogP contribution in [0.2, 0.25) is 0 Å². The van der Waals surface area contributed by atoms with Crippen molar-refractivity contribution < 1.29 is 43.8 Å². The van der Waals surface area contributed by atoms with Gasteiger partial charge in [-0.15, -0.1) is 0 Å². The van der Waals surface area contributed by atoms with E-state index in [4.69, 9.17) is 0 Å². The molecule has 0 unspecified atom stereocenters. The summed E-state index contributed by atoms with van der Waals surface area (Å²) < 4.78 is 15.6. The molecule has 0 aliphatic rings. The summed E-state index contributed by atoms with van der Waals surface area (Å²) in [5, 5.41) is 11.7. The van der Waals surface area contributed by atoms with E-state index in [0.717, 1.165) is 11.1 Å². The maximum atomic E-state index is 13.7. The molecule has 0 aliphatic heterocycles. The third-order valence-corrected chi connectivity index (χ3v) is 4.46. The van der Waals surface area contributed by atoms with Crippen LogP contribution in [0.1, 0.15) is 15.9 Å². The summed E-state index contributed by atoms with van der Waals surface area (Å²) in [5.41, 5.74) is 2.11. The Labute approximate surface area is 176 Å². The molecule has 0 saturated heterocycles. The van der Waals surface area contributed by atoms with Crippen molar-refractivity contribution in [1.29, 1.82) is 0 Å². The van der Waals surface area contributed by atoms with Crippen molar-refractivity contribution in [3.8, 4) is 0 Å². The average Bonchev–Trinajstić information content (AvgIpc) is 2.65. The van der Waals surface area contributed by atoms with E-state index in [9.17, 15) is 19.1 Å². The van der Waals surface area contributed by atoms with E-state index in [1.54, 1.807) is 30.3 Å². The first kappa shape index (κ1) is 19.3. The first-order chi connectivity index (χ1) is 12.5. The number of pyridine rings is 1. The number of para-hydroxylation sites is 1. The number of hydrogen-bond donors (Lipinski definition) is 0. The molecule has 0 amide bonds. The van der Waals surface area contributed by atoms with Gasteiger partial charge in [-0.25, -0.2) is 4.39 Å². The van der Waals surface area contributed by atoms with Gasteiger partial charge in [0.05, 0.1) is 17.0 Å². The molecule has 4 aromatic rings. The number of carboxylic acids is 1. The molecular formula is C21H13FNNaO3.